The number of carbonyl (C=O) groups excluding carboxylic acids is 3. The van der Waals surface area contributed by atoms with Gasteiger partial charge in [-0.25, -0.2) is 14.5 Å². The summed E-state index contributed by atoms with van der Waals surface area (Å²) < 4.78 is 4.64. The van der Waals surface area contributed by atoms with Gasteiger partial charge in [0, 0.05) is 19.6 Å². The Morgan fingerprint density at radius 3 is 2.36 bits per heavy atom. The summed E-state index contributed by atoms with van der Waals surface area (Å²) in [5.41, 5.74) is -0.854. The van der Waals surface area contributed by atoms with E-state index in [4.69, 9.17) is 0 Å². The largest absolute Gasteiger partial charge is 0.467 e. The number of imide groups is 1. The molecule has 0 aromatic heterocycles. The van der Waals surface area contributed by atoms with E-state index in [9.17, 15) is 14.4 Å². The van der Waals surface area contributed by atoms with Gasteiger partial charge in [-0.1, -0.05) is 13.8 Å². The van der Waals surface area contributed by atoms with Gasteiger partial charge in [0.1, 0.15) is 11.6 Å². The van der Waals surface area contributed by atoms with Crippen LogP contribution in [0.4, 0.5) is 4.79 Å². The number of methoxy groups -OCH3 is 1. The summed E-state index contributed by atoms with van der Waals surface area (Å²) in [6, 6.07) is -1.40. The molecule has 1 atom stereocenters. The highest BCUT2D eigenvalue weighted by atomic mass is 16.5. The number of nitrogens with zero attached hydrogens (tertiary/aromatic N) is 2. The first-order valence-corrected chi connectivity index (χ1v) is 7.76. The number of likely N-dealkylation sites (tertiary alicyclic amines) is 1. The maximum absolute atomic E-state index is 12.7. The van der Waals surface area contributed by atoms with Crippen LogP contribution in [0.1, 0.15) is 33.6 Å². The van der Waals surface area contributed by atoms with Gasteiger partial charge in [0.05, 0.1) is 7.11 Å². The standard InChI is InChI=1S/C15H25N3O4/c1-10(2)9-17-7-5-15(6-8-17)13(20)18(14(21)16-15)11(3)12(19)22-4/h10-11H,5-9H2,1-4H3,(H,16,21). The fourth-order valence-electron chi connectivity index (χ4n) is 3.24. The molecule has 0 aromatic carbocycles. The van der Waals surface area contributed by atoms with Gasteiger partial charge in [0.25, 0.3) is 5.91 Å². The molecule has 1 spiro atoms. The van der Waals surface area contributed by atoms with Gasteiger partial charge in [0.15, 0.2) is 0 Å². The molecule has 2 heterocycles. The number of nitrogens with one attached hydrogen (secondary N) is 1. The minimum absolute atomic E-state index is 0.306. The third-order valence-corrected chi connectivity index (χ3v) is 4.46. The minimum atomic E-state index is -0.898. The monoisotopic (exact) mass is 311 g/mol. The van der Waals surface area contributed by atoms with Crippen LogP contribution >= 0.6 is 0 Å². The Balaban J connectivity index is 2.07. The molecule has 0 radical (unpaired) electrons. The summed E-state index contributed by atoms with van der Waals surface area (Å²) in [5, 5.41) is 2.81. The molecule has 2 aliphatic rings. The molecule has 124 valence electrons. The van der Waals surface area contributed by atoms with E-state index in [0.717, 1.165) is 24.5 Å². The maximum atomic E-state index is 12.7. The van der Waals surface area contributed by atoms with E-state index in [1.54, 1.807) is 0 Å². The molecule has 1 unspecified atom stereocenters. The quantitative estimate of drug-likeness (QED) is 0.607. The van der Waals surface area contributed by atoms with Crippen LogP contribution in [-0.2, 0) is 14.3 Å². The Morgan fingerprint density at radius 1 is 1.27 bits per heavy atom. The SMILES string of the molecule is COC(=O)C(C)N1C(=O)NC2(CCN(CC(C)C)CC2)C1=O. The first kappa shape index (κ1) is 16.7. The molecule has 2 fully saturated rings. The van der Waals surface area contributed by atoms with Crippen molar-refractivity contribution in [2.45, 2.75) is 45.2 Å². The van der Waals surface area contributed by atoms with E-state index in [1.807, 2.05) is 0 Å². The van der Waals surface area contributed by atoms with Gasteiger partial charge < -0.3 is 15.0 Å². The van der Waals surface area contributed by atoms with E-state index < -0.39 is 23.6 Å². The van der Waals surface area contributed by atoms with Crippen molar-refractivity contribution in [1.82, 2.24) is 15.1 Å². The van der Waals surface area contributed by atoms with Crippen LogP contribution in [0.5, 0.6) is 0 Å². The van der Waals surface area contributed by atoms with Crippen molar-refractivity contribution in [3.05, 3.63) is 0 Å². The summed E-state index contributed by atoms with van der Waals surface area (Å²) in [7, 11) is 1.25. The zero-order chi connectivity index (χ0) is 16.5. The lowest BCUT2D eigenvalue weighted by Crippen LogP contribution is -2.55. The van der Waals surface area contributed by atoms with Crippen LogP contribution in [0.3, 0.4) is 0 Å². The molecule has 0 bridgehead atoms. The fourth-order valence-corrected chi connectivity index (χ4v) is 3.24. The van der Waals surface area contributed by atoms with Crippen LogP contribution < -0.4 is 5.32 Å². The molecule has 0 aromatic rings. The second kappa shape index (κ2) is 6.24. The van der Waals surface area contributed by atoms with E-state index >= 15 is 0 Å². The zero-order valence-electron chi connectivity index (χ0n) is 13.7. The molecule has 2 rings (SSSR count). The second-order valence-corrected chi connectivity index (χ2v) is 6.58. The Labute approximate surface area is 131 Å². The van der Waals surface area contributed by atoms with Gasteiger partial charge in [-0.2, -0.15) is 0 Å². The summed E-state index contributed by atoms with van der Waals surface area (Å²) in [6.45, 7) is 8.35. The maximum Gasteiger partial charge on any atom is 0.328 e. The zero-order valence-corrected chi connectivity index (χ0v) is 13.7. The van der Waals surface area contributed by atoms with Gasteiger partial charge in [0.2, 0.25) is 0 Å². The van der Waals surface area contributed by atoms with Crippen molar-refractivity contribution < 1.29 is 19.1 Å². The second-order valence-electron chi connectivity index (χ2n) is 6.58. The van der Waals surface area contributed by atoms with Crippen LogP contribution in [-0.4, -0.2) is 66.0 Å². The lowest BCUT2D eigenvalue weighted by atomic mass is 9.87. The van der Waals surface area contributed by atoms with Gasteiger partial charge in [-0.05, 0) is 25.7 Å². The normalized spacial score (nSPS) is 23.0. The number of carbonyl (C=O) groups is 3. The average molecular weight is 311 g/mol. The molecule has 0 aliphatic carbocycles. The lowest BCUT2D eigenvalue weighted by Gasteiger charge is -2.38. The summed E-state index contributed by atoms with van der Waals surface area (Å²) >= 11 is 0. The highest BCUT2D eigenvalue weighted by Crippen LogP contribution is 2.31. The molecular formula is C15H25N3O4. The number of piperidine rings is 1. The first-order valence-electron chi connectivity index (χ1n) is 7.76. The summed E-state index contributed by atoms with van der Waals surface area (Å²) in [4.78, 5) is 39.8. The first-order chi connectivity index (χ1) is 10.3. The third-order valence-electron chi connectivity index (χ3n) is 4.46. The molecule has 3 amide bonds. The van der Waals surface area contributed by atoms with Crippen molar-refractivity contribution >= 4 is 17.9 Å². The molecule has 1 N–H and O–H groups in total. The summed E-state index contributed by atoms with van der Waals surface area (Å²) in [5.74, 6) is -0.323. The Bertz CT molecular complexity index is 469. The molecule has 22 heavy (non-hydrogen) atoms. The number of rotatable bonds is 4. The minimum Gasteiger partial charge on any atom is -0.467 e. The Kier molecular flexibility index (Phi) is 4.75. The Hall–Kier alpha value is -1.63. The van der Waals surface area contributed by atoms with Gasteiger partial charge >= 0.3 is 12.0 Å². The van der Waals surface area contributed by atoms with Crippen LogP contribution in [0.25, 0.3) is 0 Å². The number of esters is 1. The number of amides is 3. The third kappa shape index (κ3) is 2.95. The van der Waals surface area contributed by atoms with Crippen LogP contribution in [0.15, 0.2) is 0 Å². The highest BCUT2D eigenvalue weighted by Gasteiger charge is 2.54. The average Bonchev–Trinajstić information content (AvgIpc) is 2.70. The van der Waals surface area contributed by atoms with Gasteiger partial charge in [-0.15, -0.1) is 0 Å². The fraction of sp³-hybridized carbons (Fsp3) is 0.800. The smallest absolute Gasteiger partial charge is 0.328 e. The van der Waals surface area contributed by atoms with E-state index in [-0.39, 0.29) is 5.91 Å². The van der Waals surface area contributed by atoms with Crippen molar-refractivity contribution in [3.63, 3.8) is 0 Å². The van der Waals surface area contributed by atoms with Crippen molar-refractivity contribution in [2.75, 3.05) is 26.7 Å². The van der Waals surface area contributed by atoms with Gasteiger partial charge in [-0.3, -0.25) is 4.79 Å². The van der Waals surface area contributed by atoms with Crippen LogP contribution in [0, 0.1) is 5.92 Å². The molecule has 7 nitrogen and oxygen atoms in total. The topological polar surface area (TPSA) is 79.0 Å². The predicted molar refractivity (Wildman–Crippen MR) is 80.1 cm³/mol. The molecule has 2 aliphatic heterocycles. The van der Waals surface area contributed by atoms with E-state index in [1.165, 1.54) is 14.0 Å². The summed E-state index contributed by atoms with van der Waals surface area (Å²) in [6.07, 6.45) is 1.16. The number of urea groups is 1. The van der Waals surface area contributed by atoms with E-state index in [2.05, 4.69) is 28.8 Å². The highest BCUT2D eigenvalue weighted by molar-refractivity contribution is 6.09. The molecule has 0 saturated carbocycles. The predicted octanol–water partition coefficient (Wildman–Crippen LogP) is 0.590. The van der Waals surface area contributed by atoms with Crippen LogP contribution in [0.2, 0.25) is 0 Å². The van der Waals surface area contributed by atoms with E-state index in [0.29, 0.717) is 18.8 Å². The Morgan fingerprint density at radius 2 is 1.86 bits per heavy atom. The lowest BCUT2D eigenvalue weighted by molar-refractivity contribution is -0.150. The molecule has 7 heteroatoms. The number of ether oxygens (including phenoxy) is 1. The number of hydrogen-bond acceptors (Lipinski definition) is 5. The molecule has 2 saturated heterocycles. The molecular weight excluding hydrogens is 286 g/mol. The van der Waals surface area contributed by atoms with Crippen molar-refractivity contribution in [3.8, 4) is 0 Å². The van der Waals surface area contributed by atoms with Crippen molar-refractivity contribution in [1.29, 1.82) is 0 Å². The number of hydrogen-bond donors (Lipinski definition) is 1. The van der Waals surface area contributed by atoms with Crippen molar-refractivity contribution in [2.24, 2.45) is 5.92 Å².